The molecular formula is C14H18ClPS2. The molecule has 4 heteroatoms. The zero-order valence-electron chi connectivity index (χ0n) is 10.7. The number of allylic oxidation sites excluding steroid dienone is 7. The molecule has 0 amide bonds. The molecular weight excluding hydrogens is 299 g/mol. The Kier molecular flexibility index (Phi) is 5.95. The molecule has 0 fully saturated rings. The van der Waals surface area contributed by atoms with E-state index in [1.807, 2.05) is 23.5 Å². The fourth-order valence-electron chi connectivity index (χ4n) is 2.19. The average molecular weight is 317 g/mol. The summed E-state index contributed by atoms with van der Waals surface area (Å²) in [4.78, 5) is 2.84. The molecule has 0 heterocycles. The van der Waals surface area contributed by atoms with Gasteiger partial charge in [-0.2, -0.15) is 0 Å². The molecule has 2 aliphatic carbocycles. The summed E-state index contributed by atoms with van der Waals surface area (Å²) in [5, 5.41) is 1.41. The first-order chi connectivity index (χ1) is 8.77. The molecule has 0 saturated carbocycles. The number of hydrogen-bond donors (Lipinski definition) is 0. The van der Waals surface area contributed by atoms with Gasteiger partial charge < -0.3 is 0 Å². The zero-order valence-corrected chi connectivity index (χ0v) is 14.0. The Labute approximate surface area is 125 Å². The van der Waals surface area contributed by atoms with Gasteiger partial charge in [0.15, 0.2) is 0 Å². The first kappa shape index (κ1) is 14.8. The van der Waals surface area contributed by atoms with Crippen LogP contribution in [0.25, 0.3) is 0 Å². The third-order valence-electron chi connectivity index (χ3n) is 3.13. The van der Waals surface area contributed by atoms with Gasteiger partial charge in [0, 0.05) is 23.2 Å². The van der Waals surface area contributed by atoms with Crippen LogP contribution < -0.4 is 0 Å². The van der Waals surface area contributed by atoms with E-state index in [1.54, 1.807) is 0 Å². The molecule has 0 nitrogen and oxygen atoms in total. The monoisotopic (exact) mass is 316 g/mol. The summed E-state index contributed by atoms with van der Waals surface area (Å²) in [5.74, 6) is 0. The molecule has 2 unspecified atom stereocenters. The fourth-order valence-corrected chi connectivity index (χ4v) is 7.47. The molecule has 0 aliphatic heterocycles. The highest BCUT2D eigenvalue weighted by Crippen LogP contribution is 2.63. The second-order valence-electron chi connectivity index (χ2n) is 4.20. The molecule has 0 aromatic rings. The van der Waals surface area contributed by atoms with E-state index in [-0.39, 0.29) is 0 Å². The molecule has 0 aromatic carbocycles. The SMILES string of the molecule is CSC1=CCCC=C1P(Cl)C1CC=CC=C1SC. The summed E-state index contributed by atoms with van der Waals surface area (Å²) >= 11 is 10.5. The maximum absolute atomic E-state index is 6.84. The van der Waals surface area contributed by atoms with Crippen molar-refractivity contribution in [3.8, 4) is 0 Å². The smallest absolute Gasteiger partial charge is 0.0315 e. The van der Waals surface area contributed by atoms with Gasteiger partial charge in [0.2, 0.25) is 0 Å². The lowest BCUT2D eigenvalue weighted by atomic mass is 10.2. The van der Waals surface area contributed by atoms with Gasteiger partial charge in [0.25, 0.3) is 0 Å². The van der Waals surface area contributed by atoms with Gasteiger partial charge in [-0.3, -0.25) is 0 Å². The van der Waals surface area contributed by atoms with E-state index in [4.69, 9.17) is 11.2 Å². The summed E-state index contributed by atoms with van der Waals surface area (Å²) in [7, 11) is -0.603. The maximum atomic E-state index is 6.84. The van der Waals surface area contributed by atoms with E-state index in [1.165, 1.54) is 15.1 Å². The van der Waals surface area contributed by atoms with Crippen molar-refractivity contribution in [3.05, 3.63) is 45.5 Å². The van der Waals surface area contributed by atoms with Gasteiger partial charge in [-0.15, -0.1) is 23.5 Å². The minimum atomic E-state index is -0.603. The molecule has 0 bridgehead atoms. The largest absolute Gasteiger partial charge is 0.133 e. The predicted molar refractivity (Wildman–Crippen MR) is 90.8 cm³/mol. The number of halogens is 1. The summed E-state index contributed by atoms with van der Waals surface area (Å²) in [6.07, 6.45) is 19.0. The Bertz CT molecular complexity index is 424. The Morgan fingerprint density at radius 1 is 1.22 bits per heavy atom. The van der Waals surface area contributed by atoms with Crippen LogP contribution in [0, 0.1) is 0 Å². The molecule has 2 atom stereocenters. The second kappa shape index (κ2) is 7.24. The maximum Gasteiger partial charge on any atom is 0.0315 e. The van der Waals surface area contributed by atoms with Crippen LogP contribution in [0.15, 0.2) is 45.5 Å². The molecule has 0 saturated heterocycles. The first-order valence-electron chi connectivity index (χ1n) is 6.08. The highest BCUT2D eigenvalue weighted by molar-refractivity contribution is 8.05. The van der Waals surface area contributed by atoms with Crippen LogP contribution in [0.5, 0.6) is 0 Å². The summed E-state index contributed by atoms with van der Waals surface area (Å²) in [6.45, 7) is 0. The van der Waals surface area contributed by atoms with Crippen molar-refractivity contribution < 1.29 is 0 Å². The van der Waals surface area contributed by atoms with Crippen LogP contribution in [0.3, 0.4) is 0 Å². The normalized spacial score (nSPS) is 25.3. The molecule has 2 rings (SSSR count). The van der Waals surface area contributed by atoms with E-state index in [2.05, 4.69) is 42.9 Å². The van der Waals surface area contributed by atoms with Crippen LogP contribution in [0.2, 0.25) is 0 Å². The van der Waals surface area contributed by atoms with Gasteiger partial charge >= 0.3 is 0 Å². The third kappa shape index (κ3) is 3.28. The molecule has 0 aromatic heterocycles. The van der Waals surface area contributed by atoms with Crippen molar-refractivity contribution in [3.63, 3.8) is 0 Å². The fraction of sp³-hybridized carbons (Fsp3) is 0.429. The Morgan fingerprint density at radius 3 is 2.72 bits per heavy atom. The zero-order chi connectivity index (χ0) is 13.0. The predicted octanol–water partition coefficient (Wildman–Crippen LogP) is 6.12. The first-order valence-corrected chi connectivity index (χ1v) is 10.8. The van der Waals surface area contributed by atoms with Crippen molar-refractivity contribution in [2.24, 2.45) is 0 Å². The van der Waals surface area contributed by atoms with Crippen molar-refractivity contribution in [1.29, 1.82) is 0 Å². The van der Waals surface area contributed by atoms with Gasteiger partial charge in [0.1, 0.15) is 0 Å². The number of rotatable bonds is 4. The van der Waals surface area contributed by atoms with E-state index in [0.29, 0.717) is 5.66 Å². The van der Waals surface area contributed by atoms with Gasteiger partial charge in [-0.1, -0.05) is 41.6 Å². The molecule has 2 aliphatic rings. The van der Waals surface area contributed by atoms with Crippen LogP contribution in [0.1, 0.15) is 19.3 Å². The van der Waals surface area contributed by atoms with Crippen LogP contribution in [-0.2, 0) is 0 Å². The Balaban J connectivity index is 2.18. The summed E-state index contributed by atoms with van der Waals surface area (Å²) < 4.78 is 0. The Hall–Kier alpha value is 0.380. The van der Waals surface area contributed by atoms with Crippen LogP contribution in [0.4, 0.5) is 0 Å². The van der Waals surface area contributed by atoms with Crippen molar-refractivity contribution in [2.45, 2.75) is 24.9 Å². The van der Waals surface area contributed by atoms with Gasteiger partial charge in [-0.05, 0) is 36.7 Å². The van der Waals surface area contributed by atoms with Gasteiger partial charge in [-0.25, -0.2) is 0 Å². The van der Waals surface area contributed by atoms with Gasteiger partial charge in [0.05, 0.1) is 0 Å². The minimum absolute atomic E-state index is 0.501. The highest BCUT2D eigenvalue weighted by atomic mass is 35.7. The molecule has 0 N–H and O–H groups in total. The van der Waals surface area contributed by atoms with E-state index >= 15 is 0 Å². The lowest BCUT2D eigenvalue weighted by molar-refractivity contribution is 1.01. The average Bonchev–Trinajstić information content (AvgIpc) is 2.46. The van der Waals surface area contributed by atoms with Crippen LogP contribution >= 0.6 is 42.0 Å². The molecule has 98 valence electrons. The number of thioether (sulfide) groups is 2. The second-order valence-corrected chi connectivity index (χ2v) is 8.75. The van der Waals surface area contributed by atoms with E-state index < -0.39 is 7.27 Å². The van der Waals surface area contributed by atoms with Crippen LogP contribution in [-0.4, -0.2) is 18.2 Å². The van der Waals surface area contributed by atoms with Crippen molar-refractivity contribution in [2.75, 3.05) is 12.5 Å². The minimum Gasteiger partial charge on any atom is -0.133 e. The van der Waals surface area contributed by atoms with Crippen molar-refractivity contribution in [1.82, 2.24) is 0 Å². The third-order valence-corrected chi connectivity index (χ3v) is 8.35. The quantitative estimate of drug-likeness (QED) is 0.573. The molecule has 0 radical (unpaired) electrons. The lowest BCUT2D eigenvalue weighted by Gasteiger charge is -2.28. The van der Waals surface area contributed by atoms with E-state index in [9.17, 15) is 0 Å². The van der Waals surface area contributed by atoms with E-state index in [0.717, 1.165) is 19.3 Å². The summed E-state index contributed by atoms with van der Waals surface area (Å²) in [6, 6.07) is 0. The molecule has 0 spiro atoms. The Morgan fingerprint density at radius 2 is 2.00 bits per heavy atom. The number of hydrogen-bond acceptors (Lipinski definition) is 2. The highest BCUT2D eigenvalue weighted by Gasteiger charge is 2.28. The standard InChI is InChI=1S/C14H18ClPS2/c1-17-13-9-5-3-7-11(13)16(15)12-8-4-6-10-14(12)18-2/h3,5,8-11H,4,6-7H2,1-2H3. The topological polar surface area (TPSA) is 0 Å². The summed E-state index contributed by atoms with van der Waals surface area (Å²) in [5.41, 5.74) is 0.501. The molecule has 18 heavy (non-hydrogen) atoms. The van der Waals surface area contributed by atoms with Crippen molar-refractivity contribution >= 4 is 42.0 Å². The lowest BCUT2D eigenvalue weighted by Crippen LogP contribution is -2.08.